The van der Waals surface area contributed by atoms with Gasteiger partial charge in [0.25, 0.3) is 10.0 Å². The summed E-state index contributed by atoms with van der Waals surface area (Å²) in [7, 11) is -3.95. The number of benzene rings is 1. The van der Waals surface area contributed by atoms with E-state index in [0.717, 1.165) is 6.42 Å². The van der Waals surface area contributed by atoms with Crippen molar-refractivity contribution in [3.8, 4) is 6.07 Å². The van der Waals surface area contributed by atoms with Gasteiger partial charge >= 0.3 is 6.01 Å². The van der Waals surface area contributed by atoms with Gasteiger partial charge in [0.2, 0.25) is 5.89 Å². The normalized spacial score (nSPS) is 11.1. The molecule has 8 heteroatoms. The van der Waals surface area contributed by atoms with Crippen LogP contribution in [-0.2, 0) is 16.4 Å². The first-order valence-corrected chi connectivity index (χ1v) is 7.81. The van der Waals surface area contributed by atoms with Crippen LogP contribution in [0.2, 0.25) is 0 Å². The first-order valence-electron chi connectivity index (χ1n) is 6.33. The minimum absolute atomic E-state index is 0.0956. The van der Waals surface area contributed by atoms with Gasteiger partial charge in [0.15, 0.2) is 0 Å². The number of nitrogens with zero attached hydrogens (tertiary/aromatic N) is 3. The molecule has 0 saturated heterocycles. The van der Waals surface area contributed by atoms with Crippen molar-refractivity contribution in [1.29, 1.82) is 5.26 Å². The van der Waals surface area contributed by atoms with E-state index in [0.29, 0.717) is 17.9 Å². The number of nitrogens with one attached hydrogen (secondary N) is 1. The summed E-state index contributed by atoms with van der Waals surface area (Å²) in [5, 5.41) is 16.5. The molecule has 0 radical (unpaired) electrons. The van der Waals surface area contributed by atoms with Gasteiger partial charge in [-0.25, -0.2) is 13.1 Å². The lowest BCUT2D eigenvalue weighted by molar-refractivity contribution is 0.504. The number of sulfonamides is 1. The molecule has 2 aromatic rings. The summed E-state index contributed by atoms with van der Waals surface area (Å²) in [4.78, 5) is -0.111. The summed E-state index contributed by atoms with van der Waals surface area (Å²) in [6.07, 6.45) is 1.38. The predicted molar refractivity (Wildman–Crippen MR) is 75.0 cm³/mol. The number of aromatic nitrogens is 2. The Morgan fingerprint density at radius 2 is 2.14 bits per heavy atom. The molecule has 0 bridgehead atoms. The first kappa shape index (κ1) is 15.0. The number of anilines is 1. The van der Waals surface area contributed by atoms with E-state index >= 15 is 0 Å². The fraction of sp³-hybridized carbons (Fsp3) is 0.308. The van der Waals surface area contributed by atoms with Gasteiger partial charge in [-0.15, -0.1) is 5.10 Å². The summed E-state index contributed by atoms with van der Waals surface area (Å²) in [5.41, 5.74) is 0.677. The molecule has 21 heavy (non-hydrogen) atoms. The van der Waals surface area contributed by atoms with E-state index in [1.54, 1.807) is 19.1 Å². The summed E-state index contributed by atoms with van der Waals surface area (Å²) in [6.45, 7) is 3.61. The Kier molecular flexibility index (Phi) is 4.23. The second-order valence-electron chi connectivity index (χ2n) is 4.42. The molecule has 0 spiro atoms. The van der Waals surface area contributed by atoms with Gasteiger partial charge in [0.1, 0.15) is 11.0 Å². The summed E-state index contributed by atoms with van der Waals surface area (Å²) < 4.78 is 32.0. The molecule has 2 rings (SSSR count). The minimum atomic E-state index is -3.95. The molecule has 0 aliphatic carbocycles. The standard InChI is InChI=1S/C13H14N4O3S/c1-3-5-12-15-16-13(20-12)17-21(18,19)11-7-4-6-9(2)10(11)8-14/h4,6-7H,3,5H2,1-2H3,(H,16,17). The largest absolute Gasteiger partial charge is 0.407 e. The molecule has 1 N–H and O–H groups in total. The molecule has 1 heterocycles. The number of hydrogen-bond donors (Lipinski definition) is 1. The maximum absolute atomic E-state index is 12.3. The number of hydrogen-bond acceptors (Lipinski definition) is 6. The van der Waals surface area contributed by atoms with Crippen molar-refractivity contribution in [2.45, 2.75) is 31.6 Å². The van der Waals surface area contributed by atoms with Crippen molar-refractivity contribution in [1.82, 2.24) is 10.2 Å². The molecule has 110 valence electrons. The van der Waals surface area contributed by atoms with Gasteiger partial charge in [0, 0.05) is 6.42 Å². The van der Waals surface area contributed by atoms with Gasteiger partial charge < -0.3 is 4.42 Å². The summed E-state index contributed by atoms with van der Waals surface area (Å²) >= 11 is 0. The molecule has 1 aromatic heterocycles. The molecule has 0 aliphatic rings. The van der Waals surface area contributed by atoms with E-state index in [-0.39, 0.29) is 16.5 Å². The quantitative estimate of drug-likeness (QED) is 0.905. The van der Waals surface area contributed by atoms with Crippen LogP contribution in [0, 0.1) is 18.3 Å². The SMILES string of the molecule is CCCc1nnc(NS(=O)(=O)c2cccc(C)c2C#N)o1. The van der Waals surface area contributed by atoms with Crippen LogP contribution in [0.3, 0.4) is 0 Å². The van der Waals surface area contributed by atoms with Crippen LogP contribution in [0.15, 0.2) is 27.5 Å². The summed E-state index contributed by atoms with van der Waals surface area (Å²) in [5.74, 6) is 0.361. The Balaban J connectivity index is 2.34. The zero-order valence-electron chi connectivity index (χ0n) is 11.6. The molecule has 0 atom stereocenters. The summed E-state index contributed by atoms with van der Waals surface area (Å²) in [6, 6.07) is 6.29. The van der Waals surface area contributed by atoms with E-state index in [1.165, 1.54) is 6.07 Å². The maximum Gasteiger partial charge on any atom is 0.329 e. The number of rotatable bonds is 5. The van der Waals surface area contributed by atoms with Crippen molar-refractivity contribution in [2.75, 3.05) is 4.72 Å². The molecule has 0 unspecified atom stereocenters. The average molecular weight is 306 g/mol. The Labute approximate surface area is 122 Å². The van der Waals surface area contributed by atoms with E-state index in [2.05, 4.69) is 14.9 Å². The molecule has 1 aromatic carbocycles. The zero-order chi connectivity index (χ0) is 15.5. The third-order valence-corrected chi connectivity index (χ3v) is 4.15. The highest BCUT2D eigenvalue weighted by Crippen LogP contribution is 2.21. The van der Waals surface area contributed by atoms with Crippen molar-refractivity contribution in [3.05, 3.63) is 35.2 Å². The monoisotopic (exact) mass is 306 g/mol. The zero-order valence-corrected chi connectivity index (χ0v) is 12.4. The number of aryl methyl sites for hydroxylation is 2. The van der Waals surface area contributed by atoms with Crippen LogP contribution in [0.25, 0.3) is 0 Å². The molecule has 0 aliphatic heterocycles. The second-order valence-corrected chi connectivity index (χ2v) is 6.07. The number of nitriles is 1. The van der Waals surface area contributed by atoms with Crippen LogP contribution < -0.4 is 4.72 Å². The molecular formula is C13H14N4O3S. The van der Waals surface area contributed by atoms with E-state index in [9.17, 15) is 8.42 Å². The van der Waals surface area contributed by atoms with Crippen LogP contribution in [0.4, 0.5) is 6.01 Å². The Bertz CT molecular complexity index is 790. The van der Waals surface area contributed by atoms with Crippen molar-refractivity contribution < 1.29 is 12.8 Å². The molecular weight excluding hydrogens is 292 g/mol. The highest BCUT2D eigenvalue weighted by Gasteiger charge is 2.22. The molecule has 0 amide bonds. The van der Waals surface area contributed by atoms with Crippen LogP contribution >= 0.6 is 0 Å². The van der Waals surface area contributed by atoms with Gasteiger partial charge in [-0.2, -0.15) is 5.26 Å². The van der Waals surface area contributed by atoms with Crippen LogP contribution in [0.1, 0.15) is 30.4 Å². The van der Waals surface area contributed by atoms with Crippen LogP contribution in [-0.4, -0.2) is 18.6 Å². The van der Waals surface area contributed by atoms with Gasteiger partial charge in [0.05, 0.1) is 5.56 Å². The Morgan fingerprint density at radius 3 is 2.81 bits per heavy atom. The lowest BCUT2D eigenvalue weighted by Crippen LogP contribution is -2.15. The Morgan fingerprint density at radius 1 is 1.38 bits per heavy atom. The molecule has 0 fully saturated rings. The smallest absolute Gasteiger partial charge is 0.329 e. The predicted octanol–water partition coefficient (Wildman–Crippen LogP) is 2.00. The lowest BCUT2D eigenvalue weighted by Gasteiger charge is -2.07. The second kappa shape index (κ2) is 5.93. The van der Waals surface area contributed by atoms with Gasteiger partial charge in [-0.3, -0.25) is 0 Å². The highest BCUT2D eigenvalue weighted by atomic mass is 32.2. The van der Waals surface area contributed by atoms with Crippen molar-refractivity contribution in [3.63, 3.8) is 0 Å². The fourth-order valence-corrected chi connectivity index (χ4v) is 2.94. The van der Waals surface area contributed by atoms with E-state index in [4.69, 9.17) is 9.68 Å². The van der Waals surface area contributed by atoms with E-state index < -0.39 is 10.0 Å². The molecule has 0 saturated carbocycles. The highest BCUT2D eigenvalue weighted by molar-refractivity contribution is 7.92. The van der Waals surface area contributed by atoms with Crippen LogP contribution in [0.5, 0.6) is 0 Å². The topological polar surface area (TPSA) is 109 Å². The van der Waals surface area contributed by atoms with Gasteiger partial charge in [-0.05, 0) is 25.0 Å². The fourth-order valence-electron chi connectivity index (χ4n) is 1.79. The average Bonchev–Trinajstić information content (AvgIpc) is 2.85. The van der Waals surface area contributed by atoms with Gasteiger partial charge in [-0.1, -0.05) is 24.2 Å². The third-order valence-electron chi connectivity index (χ3n) is 2.79. The minimum Gasteiger partial charge on any atom is -0.407 e. The van der Waals surface area contributed by atoms with E-state index in [1.807, 2.05) is 13.0 Å². The third kappa shape index (κ3) is 3.20. The maximum atomic E-state index is 12.3. The first-order chi connectivity index (χ1) is 9.97. The van der Waals surface area contributed by atoms with Crippen molar-refractivity contribution >= 4 is 16.0 Å². The molecule has 7 nitrogen and oxygen atoms in total. The van der Waals surface area contributed by atoms with Crippen molar-refractivity contribution in [2.24, 2.45) is 0 Å². The Hall–Kier alpha value is -2.40. The lowest BCUT2D eigenvalue weighted by atomic mass is 10.1.